The first-order valence-corrected chi connectivity index (χ1v) is 12.5. The number of likely N-dealkylation sites (N-methyl/N-ethyl adjacent to an activating group) is 1. The van der Waals surface area contributed by atoms with Gasteiger partial charge in [0, 0.05) is 42.9 Å². The van der Waals surface area contributed by atoms with E-state index in [9.17, 15) is 18.4 Å². The summed E-state index contributed by atoms with van der Waals surface area (Å²) in [7, 11) is 3.56. The third-order valence-corrected chi connectivity index (χ3v) is 6.59. The molecule has 11 heteroatoms. The number of benzene rings is 2. The summed E-state index contributed by atoms with van der Waals surface area (Å²) in [5.74, 6) is -0.914. The molecule has 1 aliphatic rings. The Labute approximate surface area is 224 Å². The van der Waals surface area contributed by atoms with Gasteiger partial charge in [-0.2, -0.15) is 0 Å². The molecule has 1 saturated carbocycles. The molecule has 0 amide bonds. The molecular weight excluding hydrogens is 504 g/mol. The fourth-order valence-electron chi connectivity index (χ4n) is 4.23. The lowest BCUT2D eigenvalue weighted by Crippen LogP contribution is -2.42. The van der Waals surface area contributed by atoms with Crippen LogP contribution in [0.5, 0.6) is 0 Å². The smallest absolute Gasteiger partial charge is 0.161 e. The van der Waals surface area contributed by atoms with Crippen LogP contribution in [0.3, 0.4) is 0 Å². The fraction of sp³-hybridized carbons (Fsp3) is 0.286. The molecule has 202 valence electrons. The van der Waals surface area contributed by atoms with Crippen molar-refractivity contribution in [3.63, 3.8) is 0 Å². The Morgan fingerprint density at radius 1 is 1.13 bits per heavy atom. The molecule has 0 spiro atoms. The molecule has 3 N–H and O–H groups in total. The highest BCUT2D eigenvalue weighted by atomic mass is 19.2. The topological polar surface area (TPSA) is 123 Å². The van der Waals surface area contributed by atoms with Gasteiger partial charge in [0.05, 0.1) is 23.0 Å². The maximum atomic E-state index is 14.1. The highest BCUT2D eigenvalue weighted by molar-refractivity contribution is 6.16. The van der Waals surface area contributed by atoms with E-state index in [0.717, 1.165) is 31.3 Å². The van der Waals surface area contributed by atoms with Crippen LogP contribution in [0.25, 0.3) is 0 Å². The molecule has 0 radical (unpaired) electrons. The number of hydrogen-bond donors (Lipinski definition) is 3. The first kappa shape index (κ1) is 27.5. The van der Waals surface area contributed by atoms with E-state index in [4.69, 9.17) is 5.41 Å². The van der Waals surface area contributed by atoms with Crippen LogP contribution in [0.15, 0.2) is 47.7 Å². The molecule has 1 unspecified atom stereocenters. The molecule has 3 aromatic rings. The van der Waals surface area contributed by atoms with Gasteiger partial charge >= 0.3 is 0 Å². The number of hydrogen-bond acceptors (Lipinski definition) is 8. The number of nitrogens with zero attached hydrogens (tertiary/aromatic N) is 4. The molecule has 2 aromatic carbocycles. The van der Waals surface area contributed by atoms with E-state index in [0.29, 0.717) is 46.9 Å². The molecule has 0 bridgehead atoms. The summed E-state index contributed by atoms with van der Waals surface area (Å²) >= 11 is 0. The lowest BCUT2D eigenvalue weighted by atomic mass is 10.0. The standard InChI is InChI=1S/C28H29F2N7O2/c1-4-22(28(37(3)19-9-10-19)36-23-12-21(30)20(29)11-18(23)14-39)35-27-24(26(32-2)33-15-34-27)25(31)17-7-5-16(13-38)6-8-17/h5-8,11-15,19,22,31H,4,9-10H2,1-3H3,(H2,32,33,34,35). The number of amidine groups is 1. The van der Waals surface area contributed by atoms with Crippen molar-refractivity contribution in [3.8, 4) is 0 Å². The summed E-state index contributed by atoms with van der Waals surface area (Å²) in [5, 5.41) is 15.3. The Balaban J connectivity index is 1.78. The summed E-state index contributed by atoms with van der Waals surface area (Å²) < 4.78 is 27.9. The minimum Gasteiger partial charge on any atom is -0.372 e. The lowest BCUT2D eigenvalue weighted by Gasteiger charge is -2.29. The molecule has 39 heavy (non-hydrogen) atoms. The largest absolute Gasteiger partial charge is 0.372 e. The van der Waals surface area contributed by atoms with Crippen LogP contribution in [0.1, 0.15) is 58.0 Å². The molecule has 0 saturated heterocycles. The van der Waals surface area contributed by atoms with Crippen LogP contribution in [-0.2, 0) is 0 Å². The van der Waals surface area contributed by atoms with E-state index in [-0.39, 0.29) is 23.0 Å². The number of anilines is 2. The Morgan fingerprint density at radius 2 is 1.79 bits per heavy atom. The Kier molecular flexibility index (Phi) is 8.38. The van der Waals surface area contributed by atoms with Gasteiger partial charge < -0.3 is 15.5 Å². The summed E-state index contributed by atoms with van der Waals surface area (Å²) in [6, 6.07) is 8.12. The maximum Gasteiger partial charge on any atom is 0.161 e. The number of aliphatic imine (C=N–C) groups is 1. The second-order valence-corrected chi connectivity index (χ2v) is 9.17. The van der Waals surface area contributed by atoms with Crippen LogP contribution in [0.4, 0.5) is 26.1 Å². The van der Waals surface area contributed by atoms with E-state index in [2.05, 4.69) is 25.6 Å². The number of carbonyl (C=O) groups excluding carboxylic acids is 2. The molecule has 1 aromatic heterocycles. The average Bonchev–Trinajstić information content (AvgIpc) is 3.81. The van der Waals surface area contributed by atoms with Crippen molar-refractivity contribution in [2.24, 2.45) is 4.99 Å². The van der Waals surface area contributed by atoms with Crippen molar-refractivity contribution >= 4 is 41.4 Å². The van der Waals surface area contributed by atoms with Crippen molar-refractivity contribution in [2.45, 2.75) is 38.3 Å². The average molecular weight is 534 g/mol. The molecule has 0 aliphatic heterocycles. The van der Waals surface area contributed by atoms with Crippen LogP contribution in [-0.4, -0.2) is 65.2 Å². The lowest BCUT2D eigenvalue weighted by molar-refractivity contribution is 0.111. The summed E-state index contributed by atoms with van der Waals surface area (Å²) in [6.07, 6.45) is 4.98. The van der Waals surface area contributed by atoms with E-state index in [1.165, 1.54) is 6.33 Å². The molecule has 1 heterocycles. The second kappa shape index (κ2) is 11.9. The number of aromatic nitrogens is 2. The third-order valence-electron chi connectivity index (χ3n) is 6.59. The Hall–Kier alpha value is -4.54. The zero-order valence-electron chi connectivity index (χ0n) is 21.8. The van der Waals surface area contributed by atoms with Crippen LogP contribution >= 0.6 is 0 Å². The van der Waals surface area contributed by atoms with Crippen molar-refractivity contribution in [2.75, 3.05) is 24.7 Å². The summed E-state index contributed by atoms with van der Waals surface area (Å²) in [5.41, 5.74) is 1.55. The van der Waals surface area contributed by atoms with Gasteiger partial charge in [-0.05, 0) is 25.3 Å². The number of rotatable bonds is 11. The van der Waals surface area contributed by atoms with E-state index in [1.807, 2.05) is 18.9 Å². The molecule has 9 nitrogen and oxygen atoms in total. The van der Waals surface area contributed by atoms with Crippen molar-refractivity contribution in [3.05, 3.63) is 76.6 Å². The Morgan fingerprint density at radius 3 is 2.38 bits per heavy atom. The maximum absolute atomic E-state index is 14.1. The zero-order valence-corrected chi connectivity index (χ0v) is 21.8. The van der Waals surface area contributed by atoms with Crippen molar-refractivity contribution in [1.29, 1.82) is 5.41 Å². The van der Waals surface area contributed by atoms with Gasteiger partial charge in [0.2, 0.25) is 0 Å². The predicted octanol–water partition coefficient (Wildman–Crippen LogP) is 4.85. The minimum absolute atomic E-state index is 0.0217. The predicted molar refractivity (Wildman–Crippen MR) is 147 cm³/mol. The van der Waals surface area contributed by atoms with Gasteiger partial charge in [-0.3, -0.25) is 15.0 Å². The first-order valence-electron chi connectivity index (χ1n) is 12.5. The van der Waals surface area contributed by atoms with Crippen LogP contribution in [0.2, 0.25) is 0 Å². The van der Waals surface area contributed by atoms with Crippen LogP contribution < -0.4 is 10.6 Å². The van der Waals surface area contributed by atoms with Gasteiger partial charge in [-0.15, -0.1) is 0 Å². The first-order chi connectivity index (χ1) is 18.8. The summed E-state index contributed by atoms with van der Waals surface area (Å²) in [6.45, 7) is 1.93. The molecule has 1 aliphatic carbocycles. The number of nitrogens with one attached hydrogen (secondary N) is 3. The minimum atomic E-state index is -1.12. The van der Waals surface area contributed by atoms with Gasteiger partial charge in [-0.1, -0.05) is 31.2 Å². The van der Waals surface area contributed by atoms with E-state index in [1.54, 1.807) is 31.3 Å². The molecular formula is C28H29F2N7O2. The quantitative estimate of drug-likeness (QED) is 0.183. The van der Waals surface area contributed by atoms with Gasteiger partial charge in [-0.25, -0.2) is 23.7 Å². The highest BCUT2D eigenvalue weighted by Gasteiger charge is 2.32. The summed E-state index contributed by atoms with van der Waals surface area (Å²) in [4.78, 5) is 38.0. The van der Waals surface area contributed by atoms with Crippen molar-refractivity contribution < 1.29 is 18.4 Å². The fourth-order valence-corrected chi connectivity index (χ4v) is 4.23. The van der Waals surface area contributed by atoms with Gasteiger partial charge in [0.15, 0.2) is 17.9 Å². The number of carbonyl (C=O) groups is 2. The van der Waals surface area contributed by atoms with Gasteiger partial charge in [0.25, 0.3) is 0 Å². The third kappa shape index (κ3) is 5.97. The Bertz CT molecular complexity index is 1420. The zero-order chi connectivity index (χ0) is 28.1. The SMILES string of the molecule is CCC(Nc1ncnc(NC)c1C(=N)c1ccc(C=O)cc1)C(=Nc1cc(F)c(F)cc1C=O)N(C)C1CC1. The normalized spacial score (nSPS) is 13.9. The molecule has 1 atom stereocenters. The monoisotopic (exact) mass is 533 g/mol. The van der Waals surface area contributed by atoms with Crippen LogP contribution in [0, 0.1) is 17.0 Å². The number of halogens is 2. The highest BCUT2D eigenvalue weighted by Crippen LogP contribution is 2.31. The van der Waals surface area contributed by atoms with Crippen molar-refractivity contribution in [1.82, 2.24) is 14.9 Å². The molecule has 1 fully saturated rings. The molecule has 4 rings (SSSR count). The number of aldehydes is 2. The second-order valence-electron chi connectivity index (χ2n) is 9.17. The van der Waals surface area contributed by atoms with E-state index < -0.39 is 17.7 Å². The van der Waals surface area contributed by atoms with Gasteiger partial charge in [0.1, 0.15) is 30.1 Å². The van der Waals surface area contributed by atoms with E-state index >= 15 is 0 Å².